The van der Waals surface area contributed by atoms with Gasteiger partial charge < -0.3 is 9.30 Å². The number of aryl methyl sites for hydroxylation is 1. The summed E-state index contributed by atoms with van der Waals surface area (Å²) in [7, 11) is 1.97. The van der Waals surface area contributed by atoms with Gasteiger partial charge in [-0.1, -0.05) is 24.0 Å². The van der Waals surface area contributed by atoms with Crippen molar-refractivity contribution >= 4 is 11.6 Å². The molecule has 0 spiro atoms. The maximum atomic E-state index is 5.76. The number of hydrogen-bond acceptors (Lipinski definition) is 2. The number of imidazole rings is 1. The lowest BCUT2D eigenvalue weighted by atomic mass is 10.2. The summed E-state index contributed by atoms with van der Waals surface area (Å²) in [6.45, 7) is 0.574. The highest BCUT2D eigenvalue weighted by atomic mass is 35.5. The van der Waals surface area contributed by atoms with E-state index in [1.165, 1.54) is 0 Å². The summed E-state index contributed by atoms with van der Waals surface area (Å²) in [4.78, 5) is 4.26. The van der Waals surface area contributed by atoms with Crippen molar-refractivity contribution in [2.45, 2.75) is 6.42 Å². The van der Waals surface area contributed by atoms with Gasteiger partial charge in [0.25, 0.3) is 0 Å². The zero-order valence-electron chi connectivity index (χ0n) is 10.8. The predicted octanol–water partition coefficient (Wildman–Crippen LogP) is 2.63. The van der Waals surface area contributed by atoms with Crippen LogP contribution >= 0.6 is 11.6 Å². The van der Waals surface area contributed by atoms with Gasteiger partial charge in [-0.3, -0.25) is 0 Å². The first-order chi connectivity index (χ1) is 9.31. The van der Waals surface area contributed by atoms with Crippen LogP contribution in [0.5, 0.6) is 5.75 Å². The quantitative estimate of drug-likeness (QED) is 0.633. The summed E-state index contributed by atoms with van der Waals surface area (Å²) in [6, 6.07) is 7.71. The van der Waals surface area contributed by atoms with Gasteiger partial charge in [0.2, 0.25) is 0 Å². The standard InChI is InChI=1S/C15H15ClN2O/c1-18-11-10-17-15(18)8-12-19-14-7-3-2-5-13(14)6-4-9-16/h2-3,5,7,10-11H,8-9,12H2,1H3. The van der Waals surface area contributed by atoms with Crippen LogP contribution in [0.25, 0.3) is 0 Å². The van der Waals surface area contributed by atoms with Crippen LogP contribution in [0.2, 0.25) is 0 Å². The molecule has 0 aliphatic heterocycles. The number of benzene rings is 1. The molecule has 0 atom stereocenters. The van der Waals surface area contributed by atoms with Crippen LogP contribution in [0.15, 0.2) is 36.7 Å². The molecule has 2 rings (SSSR count). The van der Waals surface area contributed by atoms with E-state index >= 15 is 0 Å². The number of rotatable bonds is 4. The molecule has 0 aliphatic rings. The van der Waals surface area contributed by atoms with E-state index in [2.05, 4.69) is 16.8 Å². The number of ether oxygens (including phenoxy) is 1. The lowest BCUT2D eigenvalue weighted by Gasteiger charge is -2.08. The Hall–Kier alpha value is -1.92. The molecule has 0 aliphatic carbocycles. The van der Waals surface area contributed by atoms with E-state index in [0.29, 0.717) is 12.5 Å². The van der Waals surface area contributed by atoms with E-state index < -0.39 is 0 Å². The van der Waals surface area contributed by atoms with Crippen LogP contribution < -0.4 is 4.74 Å². The van der Waals surface area contributed by atoms with Crippen molar-refractivity contribution in [3.05, 3.63) is 48.0 Å². The van der Waals surface area contributed by atoms with Crippen LogP contribution in [0, 0.1) is 11.8 Å². The van der Waals surface area contributed by atoms with Crippen LogP contribution in [-0.2, 0) is 13.5 Å². The van der Waals surface area contributed by atoms with Crippen LogP contribution in [-0.4, -0.2) is 22.0 Å². The minimum absolute atomic E-state index is 0.321. The Kier molecular flexibility index (Phi) is 4.88. The van der Waals surface area contributed by atoms with Gasteiger partial charge in [0.15, 0.2) is 0 Å². The van der Waals surface area contributed by atoms with Gasteiger partial charge in [0, 0.05) is 25.9 Å². The third-order valence-electron chi connectivity index (χ3n) is 2.68. The second kappa shape index (κ2) is 6.86. The molecule has 1 heterocycles. The summed E-state index contributed by atoms with van der Waals surface area (Å²) in [6.07, 6.45) is 4.48. The van der Waals surface area contributed by atoms with Crippen molar-refractivity contribution in [1.82, 2.24) is 9.55 Å². The van der Waals surface area contributed by atoms with E-state index in [9.17, 15) is 0 Å². The van der Waals surface area contributed by atoms with E-state index in [-0.39, 0.29) is 0 Å². The normalized spacial score (nSPS) is 9.79. The zero-order valence-corrected chi connectivity index (χ0v) is 11.5. The molecule has 0 saturated carbocycles. The van der Waals surface area contributed by atoms with E-state index in [4.69, 9.17) is 16.3 Å². The van der Waals surface area contributed by atoms with Gasteiger partial charge in [-0.15, -0.1) is 11.6 Å². The fourth-order valence-corrected chi connectivity index (χ4v) is 1.78. The largest absolute Gasteiger partial charge is 0.492 e. The topological polar surface area (TPSA) is 27.1 Å². The average molecular weight is 275 g/mol. The van der Waals surface area contributed by atoms with Crippen molar-refractivity contribution in [1.29, 1.82) is 0 Å². The molecule has 0 fully saturated rings. The Morgan fingerprint density at radius 1 is 1.37 bits per heavy atom. The minimum atomic E-state index is 0.321. The number of nitrogens with zero attached hydrogens (tertiary/aromatic N) is 2. The van der Waals surface area contributed by atoms with Gasteiger partial charge >= 0.3 is 0 Å². The molecule has 0 unspecified atom stereocenters. The summed E-state index contributed by atoms with van der Waals surface area (Å²) in [5, 5.41) is 0. The first-order valence-corrected chi connectivity index (χ1v) is 6.57. The number of halogens is 1. The van der Waals surface area contributed by atoms with Gasteiger partial charge in [-0.25, -0.2) is 4.98 Å². The Morgan fingerprint density at radius 3 is 2.95 bits per heavy atom. The highest BCUT2D eigenvalue weighted by molar-refractivity contribution is 6.19. The molecule has 0 bridgehead atoms. The van der Waals surface area contributed by atoms with Gasteiger partial charge in [0.05, 0.1) is 18.1 Å². The Bertz CT molecular complexity index is 595. The number of alkyl halides is 1. The van der Waals surface area contributed by atoms with Crippen LogP contribution in [0.1, 0.15) is 11.4 Å². The molecule has 1 aromatic carbocycles. The van der Waals surface area contributed by atoms with Gasteiger partial charge in [-0.2, -0.15) is 0 Å². The summed E-state index contributed by atoms with van der Waals surface area (Å²) < 4.78 is 7.75. The lowest BCUT2D eigenvalue weighted by Crippen LogP contribution is -2.06. The highest BCUT2D eigenvalue weighted by Crippen LogP contribution is 2.16. The molecule has 1 aromatic heterocycles. The second-order valence-electron chi connectivity index (χ2n) is 3.98. The van der Waals surface area contributed by atoms with Crippen molar-refractivity contribution in [2.24, 2.45) is 7.05 Å². The molecular formula is C15H15ClN2O. The molecule has 0 amide bonds. The molecule has 98 valence electrons. The molecule has 19 heavy (non-hydrogen) atoms. The Balaban J connectivity index is 1.98. The molecule has 3 nitrogen and oxygen atoms in total. The summed E-state index contributed by atoms with van der Waals surface area (Å²) >= 11 is 5.57. The van der Waals surface area contributed by atoms with E-state index in [0.717, 1.165) is 23.6 Å². The monoisotopic (exact) mass is 274 g/mol. The lowest BCUT2D eigenvalue weighted by molar-refractivity contribution is 0.316. The molecule has 0 saturated heterocycles. The molecule has 0 radical (unpaired) electrons. The predicted molar refractivity (Wildman–Crippen MR) is 76.4 cm³/mol. The average Bonchev–Trinajstić information content (AvgIpc) is 2.83. The highest BCUT2D eigenvalue weighted by Gasteiger charge is 2.02. The van der Waals surface area contributed by atoms with Gasteiger partial charge in [0.1, 0.15) is 11.6 Å². The van der Waals surface area contributed by atoms with Crippen molar-refractivity contribution in [2.75, 3.05) is 12.5 Å². The zero-order chi connectivity index (χ0) is 13.5. The maximum absolute atomic E-state index is 5.76. The summed E-state index contributed by atoms with van der Waals surface area (Å²) in [5.74, 6) is 7.94. The Labute approximate surface area is 118 Å². The van der Waals surface area contributed by atoms with Crippen LogP contribution in [0.3, 0.4) is 0 Å². The number of hydrogen-bond donors (Lipinski definition) is 0. The van der Waals surface area contributed by atoms with Crippen LogP contribution in [0.4, 0.5) is 0 Å². The Morgan fingerprint density at radius 2 is 2.21 bits per heavy atom. The van der Waals surface area contributed by atoms with Crippen molar-refractivity contribution in [3.63, 3.8) is 0 Å². The summed E-state index contributed by atoms with van der Waals surface area (Å²) in [5.41, 5.74) is 0.864. The smallest absolute Gasteiger partial charge is 0.134 e. The van der Waals surface area contributed by atoms with Gasteiger partial charge in [-0.05, 0) is 12.1 Å². The third kappa shape index (κ3) is 3.77. The third-order valence-corrected chi connectivity index (χ3v) is 2.81. The SMILES string of the molecule is Cn1ccnc1CCOc1ccccc1C#CCCl. The number of aromatic nitrogens is 2. The number of para-hydroxylation sites is 1. The molecule has 0 N–H and O–H groups in total. The molecule has 4 heteroatoms. The molecular weight excluding hydrogens is 260 g/mol. The first-order valence-electron chi connectivity index (χ1n) is 6.04. The minimum Gasteiger partial charge on any atom is -0.492 e. The molecule has 2 aromatic rings. The maximum Gasteiger partial charge on any atom is 0.134 e. The second-order valence-corrected chi connectivity index (χ2v) is 4.25. The van der Waals surface area contributed by atoms with E-state index in [1.54, 1.807) is 6.20 Å². The fourth-order valence-electron chi connectivity index (χ4n) is 1.71. The van der Waals surface area contributed by atoms with E-state index in [1.807, 2.05) is 42.1 Å². The van der Waals surface area contributed by atoms with Crippen molar-refractivity contribution < 1.29 is 4.74 Å². The van der Waals surface area contributed by atoms with Crippen molar-refractivity contribution in [3.8, 4) is 17.6 Å². The first kappa shape index (κ1) is 13.5. The fraction of sp³-hybridized carbons (Fsp3) is 0.267.